The number of aliphatic imine (C=N–C) groups is 1. The third-order valence-corrected chi connectivity index (χ3v) is 4.12. The van der Waals surface area contributed by atoms with Crippen molar-refractivity contribution in [1.82, 2.24) is 10.2 Å². The number of benzene rings is 2. The van der Waals surface area contributed by atoms with Gasteiger partial charge in [0.25, 0.3) is 0 Å². The van der Waals surface area contributed by atoms with Gasteiger partial charge in [-0.2, -0.15) is 0 Å². The van der Waals surface area contributed by atoms with E-state index < -0.39 is 0 Å². The van der Waals surface area contributed by atoms with Crippen LogP contribution in [0.5, 0.6) is 17.2 Å². The quantitative estimate of drug-likeness (QED) is 0.472. The summed E-state index contributed by atoms with van der Waals surface area (Å²) in [7, 11) is 7.30. The molecule has 0 fully saturated rings. The number of likely N-dealkylation sites (N-methyl/N-ethyl adjacent to an activating group) is 1. The summed E-state index contributed by atoms with van der Waals surface area (Å²) in [6.07, 6.45) is 0. The van der Waals surface area contributed by atoms with E-state index in [9.17, 15) is 0 Å². The van der Waals surface area contributed by atoms with Gasteiger partial charge in [0.2, 0.25) is 0 Å². The first-order valence-corrected chi connectivity index (χ1v) is 9.69. The number of ether oxygens (including phenoxy) is 3. The number of nitrogens with zero attached hydrogens (tertiary/aromatic N) is 2. The summed E-state index contributed by atoms with van der Waals surface area (Å²) in [5, 5.41) is 6.56. The highest BCUT2D eigenvalue weighted by Crippen LogP contribution is 2.29. The van der Waals surface area contributed by atoms with Gasteiger partial charge in [-0.05, 0) is 50.8 Å². The highest BCUT2D eigenvalue weighted by atomic mass is 16.5. The normalized spacial score (nSPS) is 11.3. The Balaban J connectivity index is 2.05. The fourth-order valence-electron chi connectivity index (χ4n) is 2.61. The Bertz CT molecular complexity index is 793. The molecule has 0 saturated carbocycles. The SMILES string of the molecule is CCNC(=NCc1cccc(OCCN(C)C)c1)Nc1ccc(OC)c(OC)c1. The maximum absolute atomic E-state index is 5.81. The summed E-state index contributed by atoms with van der Waals surface area (Å²) in [5.74, 6) is 2.90. The van der Waals surface area contributed by atoms with Crippen molar-refractivity contribution in [1.29, 1.82) is 0 Å². The lowest BCUT2D eigenvalue weighted by atomic mass is 10.2. The van der Waals surface area contributed by atoms with Crippen molar-refractivity contribution in [2.45, 2.75) is 13.5 Å². The van der Waals surface area contributed by atoms with Crippen LogP contribution in [0.4, 0.5) is 5.69 Å². The van der Waals surface area contributed by atoms with Gasteiger partial charge < -0.3 is 29.7 Å². The van der Waals surface area contributed by atoms with Crippen molar-refractivity contribution in [2.75, 3.05) is 53.3 Å². The van der Waals surface area contributed by atoms with Crippen LogP contribution in [0.1, 0.15) is 12.5 Å². The Labute approximate surface area is 173 Å². The smallest absolute Gasteiger partial charge is 0.196 e. The fraction of sp³-hybridized carbons (Fsp3) is 0.409. The average Bonchev–Trinajstić information content (AvgIpc) is 2.72. The highest BCUT2D eigenvalue weighted by molar-refractivity contribution is 5.93. The second-order valence-electron chi connectivity index (χ2n) is 6.69. The number of nitrogens with one attached hydrogen (secondary N) is 2. The maximum Gasteiger partial charge on any atom is 0.196 e. The minimum Gasteiger partial charge on any atom is -0.493 e. The monoisotopic (exact) mass is 400 g/mol. The van der Waals surface area contributed by atoms with Gasteiger partial charge in [0.15, 0.2) is 17.5 Å². The summed E-state index contributed by atoms with van der Waals surface area (Å²) in [6, 6.07) is 13.7. The molecule has 7 nitrogen and oxygen atoms in total. The van der Waals surface area contributed by atoms with E-state index in [1.54, 1.807) is 14.2 Å². The molecule has 0 aromatic heterocycles. The molecule has 0 spiro atoms. The van der Waals surface area contributed by atoms with E-state index >= 15 is 0 Å². The Hall–Kier alpha value is -2.93. The molecule has 0 saturated heterocycles. The predicted octanol–water partition coefficient (Wildman–Crippen LogP) is 3.22. The van der Waals surface area contributed by atoms with E-state index in [1.807, 2.05) is 63.5 Å². The number of anilines is 1. The largest absolute Gasteiger partial charge is 0.493 e. The molecule has 0 amide bonds. The number of hydrogen-bond donors (Lipinski definition) is 2. The van der Waals surface area contributed by atoms with Gasteiger partial charge in [-0.15, -0.1) is 0 Å². The van der Waals surface area contributed by atoms with Crippen LogP contribution in [-0.4, -0.2) is 58.9 Å². The number of methoxy groups -OCH3 is 2. The predicted molar refractivity (Wildman–Crippen MR) is 118 cm³/mol. The highest BCUT2D eigenvalue weighted by Gasteiger charge is 2.06. The first-order valence-electron chi connectivity index (χ1n) is 9.69. The van der Waals surface area contributed by atoms with Crippen LogP contribution in [0.2, 0.25) is 0 Å². The summed E-state index contributed by atoms with van der Waals surface area (Å²) >= 11 is 0. The van der Waals surface area contributed by atoms with E-state index in [0.717, 1.165) is 30.1 Å². The first-order chi connectivity index (χ1) is 14.0. The molecule has 0 unspecified atom stereocenters. The van der Waals surface area contributed by atoms with Gasteiger partial charge in [0.05, 0.1) is 20.8 Å². The van der Waals surface area contributed by atoms with Crippen molar-refractivity contribution in [3.05, 3.63) is 48.0 Å². The Morgan fingerprint density at radius 1 is 1.03 bits per heavy atom. The minimum atomic E-state index is 0.535. The van der Waals surface area contributed by atoms with E-state index in [0.29, 0.717) is 30.6 Å². The number of hydrogen-bond acceptors (Lipinski definition) is 5. The zero-order chi connectivity index (χ0) is 21.1. The third-order valence-electron chi connectivity index (χ3n) is 4.12. The standard InChI is InChI=1S/C22H32N4O3/c1-6-23-22(25-18-10-11-20(27-4)21(15-18)28-5)24-16-17-8-7-9-19(14-17)29-13-12-26(2)3/h7-11,14-15H,6,12-13,16H2,1-5H3,(H2,23,24,25). The Morgan fingerprint density at radius 2 is 1.83 bits per heavy atom. The van der Waals surface area contributed by atoms with Crippen LogP contribution in [0, 0.1) is 0 Å². The molecule has 0 aliphatic carbocycles. The zero-order valence-electron chi connectivity index (χ0n) is 18.0. The molecule has 0 radical (unpaired) electrons. The van der Waals surface area contributed by atoms with Gasteiger partial charge in [0, 0.05) is 24.8 Å². The van der Waals surface area contributed by atoms with E-state index in [2.05, 4.69) is 20.5 Å². The third kappa shape index (κ3) is 7.54. The molecule has 2 rings (SSSR count). The van der Waals surface area contributed by atoms with Crippen LogP contribution in [0.15, 0.2) is 47.5 Å². The van der Waals surface area contributed by atoms with Gasteiger partial charge >= 0.3 is 0 Å². The molecule has 2 N–H and O–H groups in total. The minimum absolute atomic E-state index is 0.535. The van der Waals surface area contributed by atoms with Crippen LogP contribution in [0.3, 0.4) is 0 Å². The molecule has 7 heteroatoms. The van der Waals surface area contributed by atoms with Crippen molar-refractivity contribution >= 4 is 11.6 Å². The molecular formula is C22H32N4O3. The molecule has 0 atom stereocenters. The second-order valence-corrected chi connectivity index (χ2v) is 6.69. The Kier molecular flexibility index (Phi) is 9.11. The lowest BCUT2D eigenvalue weighted by Crippen LogP contribution is -2.30. The summed E-state index contributed by atoms with van der Waals surface area (Å²) < 4.78 is 16.5. The molecule has 2 aromatic carbocycles. The van der Waals surface area contributed by atoms with Crippen LogP contribution < -0.4 is 24.8 Å². The fourth-order valence-corrected chi connectivity index (χ4v) is 2.61. The maximum atomic E-state index is 5.81. The zero-order valence-corrected chi connectivity index (χ0v) is 18.0. The van der Waals surface area contributed by atoms with Gasteiger partial charge in [0.1, 0.15) is 12.4 Å². The lowest BCUT2D eigenvalue weighted by Gasteiger charge is -2.14. The average molecular weight is 401 g/mol. The molecule has 0 bridgehead atoms. The number of rotatable bonds is 10. The van der Waals surface area contributed by atoms with Crippen molar-refractivity contribution in [2.24, 2.45) is 4.99 Å². The van der Waals surface area contributed by atoms with Crippen LogP contribution in [0.25, 0.3) is 0 Å². The van der Waals surface area contributed by atoms with E-state index in [4.69, 9.17) is 14.2 Å². The molecule has 2 aromatic rings. The topological polar surface area (TPSA) is 67.4 Å². The molecule has 0 aliphatic heterocycles. The Morgan fingerprint density at radius 3 is 2.52 bits per heavy atom. The molecular weight excluding hydrogens is 368 g/mol. The second kappa shape index (κ2) is 11.8. The molecule has 29 heavy (non-hydrogen) atoms. The first kappa shape index (κ1) is 22.4. The van der Waals surface area contributed by atoms with Crippen molar-refractivity contribution in [3.8, 4) is 17.2 Å². The van der Waals surface area contributed by atoms with Crippen LogP contribution in [-0.2, 0) is 6.54 Å². The summed E-state index contributed by atoms with van der Waals surface area (Å²) in [5.41, 5.74) is 1.94. The summed E-state index contributed by atoms with van der Waals surface area (Å²) in [6.45, 7) is 4.86. The molecule has 158 valence electrons. The van der Waals surface area contributed by atoms with Gasteiger partial charge in [-0.25, -0.2) is 4.99 Å². The van der Waals surface area contributed by atoms with Crippen molar-refractivity contribution in [3.63, 3.8) is 0 Å². The van der Waals surface area contributed by atoms with Gasteiger partial charge in [-0.3, -0.25) is 0 Å². The number of guanidine groups is 1. The van der Waals surface area contributed by atoms with Gasteiger partial charge in [-0.1, -0.05) is 12.1 Å². The summed E-state index contributed by atoms with van der Waals surface area (Å²) in [4.78, 5) is 6.78. The van der Waals surface area contributed by atoms with Crippen molar-refractivity contribution < 1.29 is 14.2 Å². The van der Waals surface area contributed by atoms with E-state index in [1.165, 1.54) is 0 Å². The van der Waals surface area contributed by atoms with Crippen LogP contribution >= 0.6 is 0 Å². The molecule has 0 aliphatic rings. The van der Waals surface area contributed by atoms with E-state index in [-0.39, 0.29) is 0 Å². The molecule has 0 heterocycles. The lowest BCUT2D eigenvalue weighted by molar-refractivity contribution is 0.261.